The first-order valence-electron chi connectivity index (χ1n) is 10.3. The number of benzene rings is 1. The van der Waals surface area contributed by atoms with Crippen LogP contribution in [-0.4, -0.2) is 55.4 Å². The van der Waals surface area contributed by atoms with Crippen molar-refractivity contribution >= 4 is 40.6 Å². The standard InChI is InChI=1S/C19H20ClN5O3S.C2H4O2/c20-15-16(28-10-14(26)27)18(19-22-24-25-23-19)29-17(15)11-5-4-8-13(9-11)21-12-6-2-1-3-7-12;1-2(3)4/h4-5,8-9,12,21H,1-3,6-7,10H2,(H,26,27)(H,22,23,24,25);1H3,(H,3,4). The first-order chi connectivity index (χ1) is 15.8. The van der Waals surface area contributed by atoms with Crippen molar-refractivity contribution in [2.45, 2.75) is 45.1 Å². The van der Waals surface area contributed by atoms with Crippen LogP contribution in [0.1, 0.15) is 39.0 Å². The number of aliphatic carboxylic acids is 2. The van der Waals surface area contributed by atoms with Gasteiger partial charge < -0.3 is 20.3 Å². The third-order valence-corrected chi connectivity index (χ3v) is 6.49. The minimum atomic E-state index is -1.09. The molecule has 2 heterocycles. The van der Waals surface area contributed by atoms with E-state index >= 15 is 0 Å². The normalized spacial score (nSPS) is 13.6. The number of halogens is 1. The SMILES string of the molecule is CC(=O)O.O=C(O)COc1c(-c2nn[nH]n2)sc(-c2cccc(NC3CCCCC3)c2)c1Cl. The monoisotopic (exact) mass is 493 g/mol. The molecule has 0 unspecified atom stereocenters. The molecule has 176 valence electrons. The van der Waals surface area contributed by atoms with Gasteiger partial charge in [0.1, 0.15) is 9.90 Å². The van der Waals surface area contributed by atoms with Crippen molar-refractivity contribution in [2.75, 3.05) is 11.9 Å². The third-order valence-electron chi connectivity index (χ3n) is 4.80. The van der Waals surface area contributed by atoms with Crippen LogP contribution in [0, 0.1) is 0 Å². The van der Waals surface area contributed by atoms with Crippen LogP contribution >= 0.6 is 22.9 Å². The number of hydrogen-bond donors (Lipinski definition) is 4. The average Bonchev–Trinajstić information content (AvgIpc) is 3.41. The van der Waals surface area contributed by atoms with E-state index in [9.17, 15) is 4.79 Å². The molecule has 1 aromatic carbocycles. The number of rotatable bonds is 7. The molecule has 1 aliphatic rings. The maximum absolute atomic E-state index is 11.0. The molecule has 4 rings (SSSR count). The average molecular weight is 494 g/mol. The molecule has 1 fully saturated rings. The van der Waals surface area contributed by atoms with Crippen LogP contribution in [0.4, 0.5) is 5.69 Å². The molecule has 10 nitrogen and oxygen atoms in total. The maximum Gasteiger partial charge on any atom is 0.341 e. The molecule has 4 N–H and O–H groups in total. The second-order valence-electron chi connectivity index (χ2n) is 7.40. The summed E-state index contributed by atoms with van der Waals surface area (Å²) in [6.07, 6.45) is 6.18. The van der Waals surface area contributed by atoms with Crippen LogP contribution in [0.15, 0.2) is 24.3 Å². The number of carboxylic acids is 2. The molecule has 0 amide bonds. The van der Waals surface area contributed by atoms with E-state index in [1.807, 2.05) is 24.3 Å². The van der Waals surface area contributed by atoms with Crippen molar-refractivity contribution in [1.82, 2.24) is 20.6 Å². The van der Waals surface area contributed by atoms with Crippen molar-refractivity contribution in [3.63, 3.8) is 0 Å². The number of hydrogen-bond acceptors (Lipinski definition) is 8. The van der Waals surface area contributed by atoms with E-state index < -0.39 is 18.5 Å². The van der Waals surface area contributed by atoms with Gasteiger partial charge in [0, 0.05) is 18.7 Å². The van der Waals surface area contributed by atoms with Gasteiger partial charge in [0.05, 0.1) is 4.88 Å². The van der Waals surface area contributed by atoms with Gasteiger partial charge in [-0.2, -0.15) is 5.21 Å². The Morgan fingerprint density at radius 2 is 1.97 bits per heavy atom. The number of nitrogens with one attached hydrogen (secondary N) is 2. The van der Waals surface area contributed by atoms with E-state index in [-0.39, 0.29) is 5.75 Å². The van der Waals surface area contributed by atoms with Gasteiger partial charge in [0.15, 0.2) is 12.4 Å². The van der Waals surface area contributed by atoms with E-state index in [0.717, 1.165) is 23.1 Å². The molecular formula is C21H24ClN5O5S. The van der Waals surface area contributed by atoms with Gasteiger partial charge >= 0.3 is 5.97 Å². The number of tetrazole rings is 1. The lowest BCUT2D eigenvalue weighted by molar-refractivity contribution is -0.139. The molecule has 2 aromatic heterocycles. The van der Waals surface area contributed by atoms with Crippen LogP contribution in [0.3, 0.4) is 0 Å². The Morgan fingerprint density at radius 3 is 2.61 bits per heavy atom. The van der Waals surface area contributed by atoms with Crippen LogP contribution in [0.25, 0.3) is 21.1 Å². The van der Waals surface area contributed by atoms with Crippen molar-refractivity contribution in [2.24, 2.45) is 0 Å². The molecule has 1 aliphatic carbocycles. The summed E-state index contributed by atoms with van der Waals surface area (Å²) >= 11 is 7.94. The Kier molecular flexibility index (Phi) is 8.61. The van der Waals surface area contributed by atoms with Crippen molar-refractivity contribution < 1.29 is 24.5 Å². The molecule has 33 heavy (non-hydrogen) atoms. The van der Waals surface area contributed by atoms with Gasteiger partial charge in [-0.15, -0.1) is 21.5 Å². The van der Waals surface area contributed by atoms with E-state index in [2.05, 4.69) is 25.9 Å². The fraction of sp³-hybridized carbons (Fsp3) is 0.381. The molecule has 0 radical (unpaired) electrons. The highest BCUT2D eigenvalue weighted by atomic mass is 35.5. The summed E-state index contributed by atoms with van der Waals surface area (Å²) in [7, 11) is 0. The van der Waals surface area contributed by atoms with Gasteiger partial charge in [-0.25, -0.2) is 4.79 Å². The lowest BCUT2D eigenvalue weighted by atomic mass is 9.95. The maximum atomic E-state index is 11.0. The number of aromatic amines is 1. The molecule has 12 heteroatoms. The number of ether oxygens (including phenoxy) is 1. The molecule has 1 saturated carbocycles. The summed E-state index contributed by atoms with van der Waals surface area (Å²) in [5.74, 6) is -1.37. The summed E-state index contributed by atoms with van der Waals surface area (Å²) in [6.45, 7) is 0.573. The van der Waals surface area contributed by atoms with Crippen LogP contribution in [0.5, 0.6) is 5.75 Å². The van der Waals surface area contributed by atoms with Crippen LogP contribution < -0.4 is 10.1 Å². The Morgan fingerprint density at radius 1 is 1.24 bits per heavy atom. The highest BCUT2D eigenvalue weighted by Crippen LogP contribution is 2.49. The minimum Gasteiger partial charge on any atom is -0.481 e. The van der Waals surface area contributed by atoms with E-state index in [4.69, 9.17) is 31.3 Å². The predicted octanol–water partition coefficient (Wildman–Crippen LogP) is 4.55. The highest BCUT2D eigenvalue weighted by Gasteiger charge is 2.24. The summed E-state index contributed by atoms with van der Waals surface area (Å²) in [5, 5.41) is 34.3. The summed E-state index contributed by atoms with van der Waals surface area (Å²) in [5.41, 5.74) is 1.95. The number of carbonyl (C=O) groups is 2. The Balaban J connectivity index is 0.000000709. The number of carboxylic acid groups (broad SMARTS) is 2. The first-order valence-corrected chi connectivity index (χ1v) is 11.5. The summed E-state index contributed by atoms with van der Waals surface area (Å²) in [4.78, 5) is 21.3. The van der Waals surface area contributed by atoms with Gasteiger partial charge in [0.25, 0.3) is 5.97 Å². The molecule has 0 aliphatic heterocycles. The fourth-order valence-electron chi connectivity index (χ4n) is 3.48. The molecule has 0 spiro atoms. The van der Waals surface area contributed by atoms with Crippen LogP contribution in [-0.2, 0) is 9.59 Å². The number of aromatic nitrogens is 4. The summed E-state index contributed by atoms with van der Waals surface area (Å²) in [6, 6.07) is 8.52. The lowest BCUT2D eigenvalue weighted by Crippen LogP contribution is -2.22. The zero-order chi connectivity index (χ0) is 23.8. The number of H-pyrrole nitrogens is 1. The largest absolute Gasteiger partial charge is 0.481 e. The van der Waals surface area contributed by atoms with Gasteiger partial charge in [0.2, 0.25) is 5.82 Å². The number of thiophene rings is 1. The van der Waals surface area contributed by atoms with E-state index in [1.165, 1.54) is 43.4 Å². The van der Waals surface area contributed by atoms with Gasteiger partial charge in [-0.1, -0.05) is 43.0 Å². The molecular weight excluding hydrogens is 470 g/mol. The van der Waals surface area contributed by atoms with Crippen LogP contribution in [0.2, 0.25) is 5.02 Å². The Hall–Kier alpha value is -3.18. The zero-order valence-electron chi connectivity index (χ0n) is 17.9. The van der Waals surface area contributed by atoms with E-state index in [1.54, 1.807) is 0 Å². The van der Waals surface area contributed by atoms with Crippen molar-refractivity contribution in [3.05, 3.63) is 29.3 Å². The minimum absolute atomic E-state index is 0.251. The molecule has 0 saturated heterocycles. The predicted molar refractivity (Wildman–Crippen MR) is 125 cm³/mol. The van der Waals surface area contributed by atoms with Gasteiger partial charge in [-0.3, -0.25) is 4.79 Å². The summed E-state index contributed by atoms with van der Waals surface area (Å²) < 4.78 is 5.45. The molecule has 3 aromatic rings. The highest BCUT2D eigenvalue weighted by molar-refractivity contribution is 7.20. The quantitative estimate of drug-likeness (QED) is 0.371. The third kappa shape index (κ3) is 6.90. The van der Waals surface area contributed by atoms with Gasteiger partial charge in [-0.05, 0) is 35.8 Å². The fourth-order valence-corrected chi connectivity index (χ4v) is 4.98. The molecule has 0 bridgehead atoms. The van der Waals surface area contributed by atoms with Crippen molar-refractivity contribution in [3.8, 4) is 26.9 Å². The molecule has 0 atom stereocenters. The second kappa shape index (κ2) is 11.6. The van der Waals surface area contributed by atoms with Crippen molar-refractivity contribution in [1.29, 1.82) is 0 Å². The zero-order valence-corrected chi connectivity index (χ0v) is 19.4. The lowest BCUT2D eigenvalue weighted by Gasteiger charge is -2.24. The number of nitrogens with zero attached hydrogens (tertiary/aromatic N) is 3. The Bertz CT molecular complexity index is 1080. The second-order valence-corrected chi connectivity index (χ2v) is 8.80. The van der Waals surface area contributed by atoms with E-state index in [0.29, 0.717) is 21.8 Å². The first kappa shape index (κ1) is 24.5. The Labute approximate surface area is 198 Å². The smallest absolute Gasteiger partial charge is 0.341 e. The number of anilines is 1. The topological polar surface area (TPSA) is 150 Å².